The Morgan fingerprint density at radius 2 is 1.80 bits per heavy atom. The maximum Gasteiger partial charge on any atom is 0.323 e. The molecule has 13 nitrogen and oxygen atoms in total. The highest BCUT2D eigenvalue weighted by Crippen LogP contribution is 2.54. The summed E-state index contributed by atoms with van der Waals surface area (Å²) in [6.07, 6.45) is 0.0780. The summed E-state index contributed by atoms with van der Waals surface area (Å²) in [7, 11) is 4.61. The number of rotatable bonds is 10. The molecule has 0 aromatic heterocycles. The number of likely N-dealkylation sites (N-methyl/N-ethyl adjacent to an activating group) is 1. The first-order valence-electron chi connectivity index (χ1n) is 16.2. The van der Waals surface area contributed by atoms with Crippen molar-refractivity contribution in [2.75, 3.05) is 27.8 Å². The van der Waals surface area contributed by atoms with E-state index >= 15 is 0 Å². The lowest BCUT2D eigenvalue weighted by atomic mass is 9.57. The van der Waals surface area contributed by atoms with Gasteiger partial charge in [0.15, 0.2) is 11.4 Å². The molecule has 13 heteroatoms. The van der Waals surface area contributed by atoms with Crippen molar-refractivity contribution >= 4 is 29.2 Å². The number of hydrogen-bond acceptors (Lipinski definition) is 12. The Bertz CT molecular complexity index is 1790. The molecule has 0 heterocycles. The summed E-state index contributed by atoms with van der Waals surface area (Å²) < 4.78 is 10.9. The van der Waals surface area contributed by atoms with Crippen LogP contribution in [-0.2, 0) is 36.9 Å². The van der Waals surface area contributed by atoms with Crippen molar-refractivity contribution in [1.29, 1.82) is 0 Å². The summed E-state index contributed by atoms with van der Waals surface area (Å²) in [5, 5.41) is 48.9. The molecule has 7 N–H and O–H groups in total. The Morgan fingerprint density at radius 1 is 1.10 bits per heavy atom. The van der Waals surface area contributed by atoms with Gasteiger partial charge in [-0.25, -0.2) is 0 Å². The van der Waals surface area contributed by atoms with Gasteiger partial charge in [0.1, 0.15) is 34.6 Å². The highest BCUT2D eigenvalue weighted by atomic mass is 16.5. The van der Waals surface area contributed by atoms with E-state index in [-0.39, 0.29) is 48.2 Å². The molecule has 2 unspecified atom stereocenters. The summed E-state index contributed by atoms with van der Waals surface area (Å²) in [6.45, 7) is 6.16. The number of benzene rings is 2. The predicted octanol–water partition coefficient (Wildman–Crippen LogP) is 2.32. The predicted molar refractivity (Wildman–Crippen MR) is 178 cm³/mol. The topological polar surface area (TPSA) is 209 Å². The van der Waals surface area contributed by atoms with E-state index in [2.05, 4.69) is 5.32 Å². The first kappa shape index (κ1) is 35.6. The maximum atomic E-state index is 14.2. The first-order valence-corrected chi connectivity index (χ1v) is 16.2. The third-order valence-electron chi connectivity index (χ3n) is 9.89. The summed E-state index contributed by atoms with van der Waals surface area (Å²) in [5.41, 5.74) is 4.09. The number of ether oxygens (including phenoxy) is 2. The van der Waals surface area contributed by atoms with Gasteiger partial charge in [0, 0.05) is 23.6 Å². The molecule has 1 amide bonds. The number of nitrogens with zero attached hydrogens (tertiary/aromatic N) is 1. The smallest absolute Gasteiger partial charge is 0.323 e. The van der Waals surface area contributed by atoms with Gasteiger partial charge in [0.25, 0.3) is 5.91 Å². The standard InChI is InChI=1S/C36H43N3O10/c1-7-49-35(46)28(16(2)3)38-15-17-8-11-24(48-6)20(12-17)19-9-10-23(40)26-21(19)13-18-14-22-29(39(4)5)31(42)27(34(37)45)33(44)36(22,47)32(43)25(18)30(26)41/h8-12,16,18,22,28-29,38,40-41,44,47H,7,13-15H2,1-6H3,(H2,37,45)/t18-,22-,28?,29?,36-/m0/s1. The molecule has 0 saturated heterocycles. The second-order valence-electron chi connectivity index (χ2n) is 13.3. The number of esters is 1. The zero-order chi connectivity index (χ0) is 36.1. The number of phenolic OH excluding ortho intramolecular Hbond substituents is 1. The number of hydrogen-bond donors (Lipinski definition) is 6. The van der Waals surface area contributed by atoms with Gasteiger partial charge in [-0.05, 0) is 80.6 Å². The molecular weight excluding hydrogens is 634 g/mol. The number of aliphatic hydroxyl groups excluding tert-OH is 2. The second-order valence-corrected chi connectivity index (χ2v) is 13.3. The lowest BCUT2D eigenvalue weighted by Gasteiger charge is -2.50. The molecule has 1 fully saturated rings. The van der Waals surface area contributed by atoms with Crippen molar-refractivity contribution < 1.29 is 49.1 Å². The number of carbonyl (C=O) groups excluding carboxylic acids is 4. The minimum atomic E-state index is -2.72. The lowest BCUT2D eigenvalue weighted by molar-refractivity contribution is -0.153. The Labute approximate surface area is 284 Å². The van der Waals surface area contributed by atoms with Gasteiger partial charge in [0.2, 0.25) is 5.78 Å². The molecule has 3 aliphatic rings. The summed E-state index contributed by atoms with van der Waals surface area (Å²) in [4.78, 5) is 53.8. The van der Waals surface area contributed by atoms with Gasteiger partial charge in [-0.1, -0.05) is 26.0 Å². The largest absolute Gasteiger partial charge is 0.508 e. The number of ketones is 2. The van der Waals surface area contributed by atoms with Crippen molar-refractivity contribution in [3.63, 3.8) is 0 Å². The van der Waals surface area contributed by atoms with Crippen LogP contribution in [0.25, 0.3) is 16.9 Å². The van der Waals surface area contributed by atoms with Gasteiger partial charge in [-0.15, -0.1) is 0 Å². The SMILES string of the molecule is CCOC(=O)C(NCc1ccc(OC)c(-c2ccc(O)c3c2C[C@H]2C[C@H]4C(N(C)C)C(=O)C(C(N)=O)=C(O)[C@@]4(O)C(=O)C2=C3O)c1)C(C)C. The Balaban J connectivity index is 1.62. The van der Waals surface area contributed by atoms with Crippen LogP contribution in [0.2, 0.25) is 0 Å². The van der Waals surface area contributed by atoms with Crippen LogP contribution in [0.15, 0.2) is 47.2 Å². The van der Waals surface area contributed by atoms with Gasteiger partial charge >= 0.3 is 5.97 Å². The zero-order valence-corrected chi connectivity index (χ0v) is 28.4. The number of aliphatic hydroxyl groups is 3. The van der Waals surface area contributed by atoms with Crippen LogP contribution in [0, 0.1) is 17.8 Å². The average Bonchev–Trinajstić information content (AvgIpc) is 3.02. The van der Waals surface area contributed by atoms with Crippen molar-refractivity contribution in [3.05, 3.63) is 63.9 Å². The minimum absolute atomic E-state index is 0.0263. The highest BCUT2D eigenvalue weighted by molar-refractivity contribution is 6.24. The molecule has 1 saturated carbocycles. The van der Waals surface area contributed by atoms with E-state index in [4.69, 9.17) is 15.2 Å². The van der Waals surface area contributed by atoms with Crippen molar-refractivity contribution in [2.24, 2.45) is 23.5 Å². The fourth-order valence-corrected chi connectivity index (χ4v) is 7.62. The molecule has 2 aromatic rings. The van der Waals surface area contributed by atoms with Crippen molar-refractivity contribution in [1.82, 2.24) is 10.2 Å². The molecule has 5 rings (SSSR count). The van der Waals surface area contributed by atoms with Crippen LogP contribution in [0.3, 0.4) is 0 Å². The molecule has 3 aliphatic carbocycles. The van der Waals surface area contributed by atoms with Crippen LogP contribution < -0.4 is 15.8 Å². The number of aromatic hydroxyl groups is 1. The molecule has 5 atom stereocenters. The number of primary amides is 1. The number of phenols is 1. The van der Waals surface area contributed by atoms with Crippen LogP contribution in [0.4, 0.5) is 0 Å². The van der Waals surface area contributed by atoms with E-state index in [1.54, 1.807) is 33.2 Å². The molecule has 49 heavy (non-hydrogen) atoms. The second kappa shape index (κ2) is 13.3. The van der Waals surface area contributed by atoms with E-state index < -0.39 is 64.1 Å². The number of fused-ring (bicyclic) bond motifs is 3. The molecule has 0 bridgehead atoms. The monoisotopic (exact) mass is 677 g/mol. The highest BCUT2D eigenvalue weighted by Gasteiger charge is 2.64. The van der Waals surface area contributed by atoms with Gasteiger partial charge < -0.3 is 41.0 Å². The Hall–Kier alpha value is -4.72. The fourth-order valence-electron chi connectivity index (χ4n) is 7.62. The van der Waals surface area contributed by atoms with Gasteiger partial charge in [0.05, 0.1) is 25.3 Å². The lowest BCUT2D eigenvalue weighted by Crippen LogP contribution is -2.65. The molecule has 0 spiro atoms. The average molecular weight is 678 g/mol. The number of methoxy groups -OCH3 is 1. The number of Topliss-reactive ketones (excluding diaryl/α,β-unsaturated/α-hetero) is 2. The quantitative estimate of drug-likeness (QED) is 0.158. The third-order valence-corrected chi connectivity index (χ3v) is 9.89. The van der Waals surface area contributed by atoms with E-state index in [0.717, 1.165) is 5.56 Å². The third kappa shape index (κ3) is 5.75. The summed E-state index contributed by atoms with van der Waals surface area (Å²) in [6, 6.07) is 6.82. The molecule has 2 aromatic carbocycles. The minimum Gasteiger partial charge on any atom is -0.508 e. The number of nitrogens with one attached hydrogen (secondary N) is 1. The maximum absolute atomic E-state index is 14.2. The fraction of sp³-hybridized carbons (Fsp3) is 0.444. The molecule has 0 radical (unpaired) electrons. The summed E-state index contributed by atoms with van der Waals surface area (Å²) in [5.74, 6) is -7.06. The van der Waals surface area contributed by atoms with Crippen molar-refractivity contribution in [3.8, 4) is 22.6 Å². The number of carbonyl (C=O) groups is 4. The normalized spacial score (nSPS) is 24.1. The summed E-state index contributed by atoms with van der Waals surface area (Å²) >= 11 is 0. The van der Waals surface area contributed by atoms with E-state index in [1.807, 2.05) is 26.0 Å². The van der Waals surface area contributed by atoms with Crippen LogP contribution in [0.5, 0.6) is 11.5 Å². The van der Waals surface area contributed by atoms with Crippen molar-refractivity contribution in [2.45, 2.75) is 57.8 Å². The van der Waals surface area contributed by atoms with Crippen LogP contribution in [0.1, 0.15) is 43.9 Å². The first-order chi connectivity index (χ1) is 23.1. The molecule has 262 valence electrons. The van der Waals surface area contributed by atoms with Crippen LogP contribution >= 0.6 is 0 Å². The van der Waals surface area contributed by atoms with Gasteiger partial charge in [-0.3, -0.25) is 24.1 Å². The van der Waals surface area contributed by atoms with E-state index in [9.17, 15) is 39.6 Å². The molecular formula is C36H43N3O10. The zero-order valence-electron chi connectivity index (χ0n) is 28.4. The van der Waals surface area contributed by atoms with E-state index in [1.165, 1.54) is 18.1 Å². The Morgan fingerprint density at radius 3 is 2.39 bits per heavy atom. The Kier molecular flexibility index (Phi) is 9.66. The number of amides is 1. The van der Waals surface area contributed by atoms with Gasteiger partial charge in [-0.2, -0.15) is 0 Å². The number of nitrogens with two attached hydrogens (primary N) is 1. The van der Waals surface area contributed by atoms with E-state index in [0.29, 0.717) is 29.0 Å². The van der Waals surface area contributed by atoms with Crippen LogP contribution in [-0.4, -0.2) is 94.3 Å². The molecule has 0 aliphatic heterocycles.